The first-order valence-electron chi connectivity index (χ1n) is 8.29. The highest BCUT2D eigenvalue weighted by molar-refractivity contribution is 5.65. The summed E-state index contributed by atoms with van der Waals surface area (Å²) in [6.07, 6.45) is 0. The average Bonchev–Trinajstić information content (AvgIpc) is 2.63. The minimum Gasteiger partial charge on any atom is -0.495 e. The maximum absolute atomic E-state index is 5.39. The van der Waals surface area contributed by atoms with Gasteiger partial charge in [-0.1, -0.05) is 30.3 Å². The van der Waals surface area contributed by atoms with Crippen LogP contribution in [0.1, 0.15) is 12.6 Å². The number of para-hydroxylation sites is 3. The van der Waals surface area contributed by atoms with Crippen molar-refractivity contribution in [2.45, 2.75) is 13.8 Å². The summed E-state index contributed by atoms with van der Waals surface area (Å²) in [5, 5.41) is 3.26. The molecule has 1 heterocycles. The zero-order chi connectivity index (χ0) is 17.6. The van der Waals surface area contributed by atoms with Gasteiger partial charge in [-0.15, -0.1) is 0 Å². The molecule has 0 saturated heterocycles. The van der Waals surface area contributed by atoms with Crippen LogP contribution in [0.4, 0.5) is 23.1 Å². The normalized spacial score (nSPS) is 10.4. The van der Waals surface area contributed by atoms with E-state index < -0.39 is 0 Å². The second-order valence-corrected chi connectivity index (χ2v) is 5.60. The summed E-state index contributed by atoms with van der Waals surface area (Å²) in [5.74, 6) is 2.16. The lowest BCUT2D eigenvalue weighted by atomic mass is 10.2. The first-order chi connectivity index (χ1) is 12.2. The van der Waals surface area contributed by atoms with Crippen LogP contribution in [0.15, 0.2) is 60.7 Å². The molecule has 0 amide bonds. The topological polar surface area (TPSA) is 50.3 Å². The number of nitrogens with zero attached hydrogens (tertiary/aromatic N) is 3. The lowest BCUT2D eigenvalue weighted by Crippen LogP contribution is -2.18. The van der Waals surface area contributed by atoms with E-state index in [-0.39, 0.29) is 0 Å². The summed E-state index contributed by atoms with van der Waals surface area (Å²) < 4.78 is 5.39. The highest BCUT2D eigenvalue weighted by atomic mass is 16.5. The van der Waals surface area contributed by atoms with E-state index in [2.05, 4.69) is 34.3 Å². The monoisotopic (exact) mass is 334 g/mol. The molecule has 0 saturated carbocycles. The number of hydrogen-bond acceptors (Lipinski definition) is 5. The average molecular weight is 334 g/mol. The summed E-state index contributed by atoms with van der Waals surface area (Å²) in [4.78, 5) is 11.4. The zero-order valence-electron chi connectivity index (χ0n) is 14.7. The molecule has 3 rings (SSSR count). The van der Waals surface area contributed by atoms with Crippen LogP contribution >= 0.6 is 0 Å². The Kier molecular flexibility index (Phi) is 5.14. The van der Waals surface area contributed by atoms with Gasteiger partial charge < -0.3 is 15.0 Å². The number of methoxy groups -OCH3 is 1. The Bertz CT molecular complexity index is 836. The third kappa shape index (κ3) is 3.88. The Morgan fingerprint density at radius 3 is 2.44 bits per heavy atom. The fourth-order valence-electron chi connectivity index (χ4n) is 2.70. The first-order valence-corrected chi connectivity index (χ1v) is 8.29. The van der Waals surface area contributed by atoms with Gasteiger partial charge >= 0.3 is 0 Å². The molecule has 0 aliphatic rings. The van der Waals surface area contributed by atoms with Gasteiger partial charge in [-0.2, -0.15) is 4.98 Å². The van der Waals surface area contributed by atoms with E-state index >= 15 is 0 Å². The lowest BCUT2D eigenvalue weighted by molar-refractivity contribution is 0.417. The number of rotatable bonds is 6. The van der Waals surface area contributed by atoms with E-state index in [1.165, 1.54) is 0 Å². The smallest absolute Gasteiger partial charge is 0.229 e. The van der Waals surface area contributed by atoms with Crippen LogP contribution in [0.5, 0.6) is 5.75 Å². The molecule has 0 unspecified atom stereocenters. The molecule has 3 aromatic rings. The van der Waals surface area contributed by atoms with Gasteiger partial charge in [0.1, 0.15) is 11.6 Å². The van der Waals surface area contributed by atoms with Crippen LogP contribution < -0.4 is 15.0 Å². The maximum Gasteiger partial charge on any atom is 0.229 e. The van der Waals surface area contributed by atoms with Crippen molar-refractivity contribution in [1.29, 1.82) is 0 Å². The van der Waals surface area contributed by atoms with Crippen molar-refractivity contribution in [3.63, 3.8) is 0 Å². The molecule has 128 valence electrons. The van der Waals surface area contributed by atoms with Gasteiger partial charge in [-0.3, -0.25) is 0 Å². The number of anilines is 4. The molecule has 0 fully saturated rings. The maximum atomic E-state index is 5.39. The molecule has 0 spiro atoms. The van der Waals surface area contributed by atoms with Crippen molar-refractivity contribution in [1.82, 2.24) is 9.97 Å². The molecule has 25 heavy (non-hydrogen) atoms. The number of nitrogens with one attached hydrogen (secondary N) is 1. The van der Waals surface area contributed by atoms with E-state index in [9.17, 15) is 0 Å². The summed E-state index contributed by atoms with van der Waals surface area (Å²) in [7, 11) is 1.65. The fraction of sp³-hybridized carbons (Fsp3) is 0.200. The SMILES string of the molecule is CCN(c1ccccc1)c1cc(C)nc(Nc2ccccc2OC)n1. The Hall–Kier alpha value is -3.08. The number of benzene rings is 2. The Labute approximate surface area is 148 Å². The van der Waals surface area contributed by atoms with Crippen molar-refractivity contribution in [3.8, 4) is 5.75 Å². The molecule has 0 aliphatic carbocycles. The van der Waals surface area contributed by atoms with Gasteiger partial charge in [0.05, 0.1) is 12.8 Å². The molecule has 0 radical (unpaired) electrons. The van der Waals surface area contributed by atoms with Crippen LogP contribution in [0.2, 0.25) is 0 Å². The Morgan fingerprint density at radius 2 is 1.72 bits per heavy atom. The minimum atomic E-state index is 0.550. The van der Waals surface area contributed by atoms with E-state index in [0.717, 1.165) is 35.2 Å². The first kappa shape index (κ1) is 16.8. The number of aryl methyl sites for hydroxylation is 1. The molecular formula is C20H22N4O. The predicted octanol–water partition coefficient (Wildman–Crippen LogP) is 4.70. The number of aromatic nitrogens is 2. The van der Waals surface area contributed by atoms with Crippen molar-refractivity contribution >= 4 is 23.1 Å². The molecule has 0 aliphatic heterocycles. The van der Waals surface area contributed by atoms with Crippen molar-refractivity contribution in [2.24, 2.45) is 0 Å². The van der Waals surface area contributed by atoms with Gasteiger partial charge in [-0.05, 0) is 38.1 Å². The Morgan fingerprint density at radius 1 is 1.00 bits per heavy atom. The van der Waals surface area contributed by atoms with Gasteiger partial charge in [0.25, 0.3) is 0 Å². The van der Waals surface area contributed by atoms with Crippen LogP contribution in [0.25, 0.3) is 0 Å². The lowest BCUT2D eigenvalue weighted by Gasteiger charge is -2.23. The van der Waals surface area contributed by atoms with Gasteiger partial charge in [0.2, 0.25) is 5.95 Å². The molecular weight excluding hydrogens is 312 g/mol. The zero-order valence-corrected chi connectivity index (χ0v) is 14.7. The number of ether oxygens (including phenoxy) is 1. The van der Waals surface area contributed by atoms with Gasteiger partial charge in [0, 0.05) is 24.0 Å². The quantitative estimate of drug-likeness (QED) is 0.708. The second kappa shape index (κ2) is 7.66. The van der Waals surface area contributed by atoms with Crippen LogP contribution in [0, 0.1) is 6.92 Å². The summed E-state index contributed by atoms with van der Waals surface area (Å²) >= 11 is 0. The van der Waals surface area contributed by atoms with Crippen molar-refractivity contribution < 1.29 is 4.74 Å². The molecule has 1 N–H and O–H groups in total. The molecule has 1 aromatic heterocycles. The van der Waals surface area contributed by atoms with E-state index in [4.69, 9.17) is 9.72 Å². The van der Waals surface area contributed by atoms with Crippen LogP contribution in [0.3, 0.4) is 0 Å². The van der Waals surface area contributed by atoms with E-state index in [1.807, 2.05) is 55.5 Å². The third-order valence-electron chi connectivity index (χ3n) is 3.85. The molecule has 2 aromatic carbocycles. The Balaban J connectivity index is 1.95. The molecule has 5 nitrogen and oxygen atoms in total. The van der Waals surface area contributed by atoms with Crippen LogP contribution in [-0.2, 0) is 0 Å². The highest BCUT2D eigenvalue weighted by Crippen LogP contribution is 2.28. The standard InChI is InChI=1S/C20H22N4O/c1-4-24(16-10-6-5-7-11-16)19-14-15(2)21-20(23-19)22-17-12-8-9-13-18(17)25-3/h5-14H,4H2,1-3H3,(H,21,22,23). The van der Waals surface area contributed by atoms with Gasteiger partial charge in [0.15, 0.2) is 0 Å². The largest absolute Gasteiger partial charge is 0.495 e. The predicted molar refractivity (Wildman–Crippen MR) is 102 cm³/mol. The fourth-order valence-corrected chi connectivity index (χ4v) is 2.70. The van der Waals surface area contributed by atoms with E-state index in [0.29, 0.717) is 5.95 Å². The summed E-state index contributed by atoms with van der Waals surface area (Å²) in [6, 6.07) is 19.9. The molecule has 0 bridgehead atoms. The number of hydrogen-bond donors (Lipinski definition) is 1. The third-order valence-corrected chi connectivity index (χ3v) is 3.85. The van der Waals surface area contributed by atoms with Crippen molar-refractivity contribution in [2.75, 3.05) is 23.9 Å². The van der Waals surface area contributed by atoms with Crippen LogP contribution in [-0.4, -0.2) is 23.6 Å². The molecule has 5 heteroatoms. The summed E-state index contributed by atoms with van der Waals surface area (Å²) in [5.41, 5.74) is 2.84. The highest BCUT2D eigenvalue weighted by Gasteiger charge is 2.12. The van der Waals surface area contributed by atoms with Crippen molar-refractivity contribution in [3.05, 3.63) is 66.4 Å². The molecule has 0 atom stereocenters. The minimum absolute atomic E-state index is 0.550. The van der Waals surface area contributed by atoms with E-state index in [1.54, 1.807) is 7.11 Å². The van der Waals surface area contributed by atoms with Gasteiger partial charge in [-0.25, -0.2) is 4.98 Å². The summed E-state index contributed by atoms with van der Waals surface area (Å²) in [6.45, 7) is 4.89. The second-order valence-electron chi connectivity index (χ2n) is 5.60.